The lowest BCUT2D eigenvalue weighted by molar-refractivity contribution is -0.199. The molecule has 1 aromatic rings. The summed E-state index contributed by atoms with van der Waals surface area (Å²) >= 11 is 1.60. The molecule has 3 atom stereocenters. The first-order chi connectivity index (χ1) is 10.2. The average Bonchev–Trinajstić information content (AvgIpc) is 2.86. The van der Waals surface area contributed by atoms with Crippen LogP contribution in [0.1, 0.15) is 37.1 Å². The van der Waals surface area contributed by atoms with E-state index in [-0.39, 0.29) is 0 Å². The Morgan fingerprint density at radius 1 is 1.36 bits per heavy atom. The van der Waals surface area contributed by atoms with Crippen molar-refractivity contribution in [1.82, 2.24) is 4.90 Å². The quantitative estimate of drug-likeness (QED) is 0.727. The minimum atomic E-state index is -4.82. The Bertz CT molecular complexity index is 572. The van der Waals surface area contributed by atoms with Crippen molar-refractivity contribution in [3.8, 4) is 0 Å². The molecule has 1 fully saturated rings. The van der Waals surface area contributed by atoms with Gasteiger partial charge in [0.2, 0.25) is 0 Å². The van der Waals surface area contributed by atoms with Gasteiger partial charge in [0.05, 0.1) is 6.61 Å². The van der Waals surface area contributed by atoms with Crippen LogP contribution in [-0.2, 0) is 21.6 Å². The van der Waals surface area contributed by atoms with Crippen LogP contribution in [0.5, 0.6) is 0 Å². The van der Waals surface area contributed by atoms with Gasteiger partial charge in [-0.15, -0.1) is 11.3 Å². The summed E-state index contributed by atoms with van der Waals surface area (Å²) < 4.78 is 44.4. The molecule has 0 bridgehead atoms. The van der Waals surface area contributed by atoms with E-state index in [1.165, 1.54) is 5.56 Å². The van der Waals surface area contributed by atoms with Crippen molar-refractivity contribution in [3.05, 3.63) is 21.9 Å². The van der Waals surface area contributed by atoms with E-state index in [9.17, 15) is 18.0 Å². The Kier molecular flexibility index (Phi) is 3.76. The largest absolute Gasteiger partial charge is 0.471 e. The molecule has 0 N–H and O–H groups in total. The maximum atomic E-state index is 12.8. The van der Waals surface area contributed by atoms with E-state index >= 15 is 0 Å². The number of halogens is 3. The molecule has 1 spiro atoms. The number of nitrogens with zero attached hydrogens (tertiary/aromatic N) is 1. The van der Waals surface area contributed by atoms with Gasteiger partial charge in [-0.3, -0.25) is 4.79 Å². The highest BCUT2D eigenvalue weighted by Gasteiger charge is 2.53. The Morgan fingerprint density at radius 3 is 2.59 bits per heavy atom. The van der Waals surface area contributed by atoms with Crippen molar-refractivity contribution in [2.45, 2.75) is 57.0 Å². The summed E-state index contributed by atoms with van der Waals surface area (Å²) in [5, 5.41) is 2.00. The van der Waals surface area contributed by atoms with Gasteiger partial charge in [0.25, 0.3) is 0 Å². The zero-order valence-corrected chi connectivity index (χ0v) is 13.3. The van der Waals surface area contributed by atoms with Gasteiger partial charge in [-0.25, -0.2) is 0 Å². The third-order valence-electron chi connectivity index (χ3n) is 4.59. The van der Waals surface area contributed by atoms with E-state index in [4.69, 9.17) is 4.74 Å². The molecule has 0 aliphatic carbocycles. The zero-order chi connectivity index (χ0) is 16.1. The molecule has 22 heavy (non-hydrogen) atoms. The lowest BCUT2D eigenvalue weighted by atomic mass is 9.79. The van der Waals surface area contributed by atoms with Gasteiger partial charge in [-0.2, -0.15) is 13.2 Å². The third-order valence-corrected chi connectivity index (χ3v) is 5.73. The van der Waals surface area contributed by atoms with Crippen LogP contribution >= 0.6 is 11.3 Å². The van der Waals surface area contributed by atoms with E-state index in [2.05, 4.69) is 6.07 Å². The molecule has 1 saturated heterocycles. The van der Waals surface area contributed by atoms with Gasteiger partial charge in [-0.1, -0.05) is 0 Å². The highest BCUT2D eigenvalue weighted by molar-refractivity contribution is 7.10. The SMILES string of the molecule is C[C@@H]1CC2(C[C@H](C)N1C(=O)C(F)(F)F)OCCc1ccsc12. The number of carbonyl (C=O) groups excluding carboxylic acids is 1. The lowest BCUT2D eigenvalue weighted by Gasteiger charge is -2.50. The molecule has 1 amide bonds. The standard InChI is InChI=1S/C15H18F3NO2S/c1-9-7-14(12-11(3-5-21-14)4-6-22-12)8-10(2)19(9)13(20)15(16,17)18/h4,6,9-10H,3,5,7-8H2,1-2H3/t9-,10+,14?. The molecule has 0 saturated carbocycles. The molecular weight excluding hydrogens is 315 g/mol. The fourth-order valence-electron chi connectivity index (χ4n) is 3.87. The van der Waals surface area contributed by atoms with E-state index in [1.54, 1.807) is 25.2 Å². The zero-order valence-electron chi connectivity index (χ0n) is 12.4. The number of alkyl halides is 3. The topological polar surface area (TPSA) is 29.5 Å². The normalized spacial score (nSPS) is 32.1. The predicted octanol–water partition coefficient (Wildman–Crippen LogP) is 3.48. The van der Waals surface area contributed by atoms with Crippen LogP contribution in [-0.4, -0.2) is 35.7 Å². The minimum Gasteiger partial charge on any atom is -0.369 e. The van der Waals surface area contributed by atoms with Crippen molar-refractivity contribution in [1.29, 1.82) is 0 Å². The molecule has 3 rings (SSSR count). The molecule has 0 aromatic carbocycles. The van der Waals surface area contributed by atoms with Crippen LogP contribution in [0.2, 0.25) is 0 Å². The molecule has 1 aromatic heterocycles. The highest BCUT2D eigenvalue weighted by atomic mass is 32.1. The number of amides is 1. The maximum Gasteiger partial charge on any atom is 0.471 e. The van der Waals surface area contributed by atoms with Crippen LogP contribution in [0.15, 0.2) is 11.4 Å². The smallest absolute Gasteiger partial charge is 0.369 e. The summed E-state index contributed by atoms with van der Waals surface area (Å²) in [7, 11) is 0. The molecule has 0 radical (unpaired) electrons. The van der Waals surface area contributed by atoms with Crippen molar-refractivity contribution in [2.75, 3.05) is 6.61 Å². The number of likely N-dealkylation sites (tertiary alicyclic amines) is 1. The van der Waals surface area contributed by atoms with E-state index < -0.39 is 29.8 Å². The predicted molar refractivity (Wildman–Crippen MR) is 76.7 cm³/mol. The molecule has 7 heteroatoms. The summed E-state index contributed by atoms with van der Waals surface area (Å²) in [4.78, 5) is 13.8. The monoisotopic (exact) mass is 333 g/mol. The maximum absolute atomic E-state index is 12.8. The molecule has 3 nitrogen and oxygen atoms in total. The van der Waals surface area contributed by atoms with Crippen molar-refractivity contribution in [3.63, 3.8) is 0 Å². The molecule has 2 aliphatic heterocycles. The molecule has 2 aliphatic rings. The summed E-state index contributed by atoms with van der Waals surface area (Å²) in [6.07, 6.45) is -3.16. The van der Waals surface area contributed by atoms with Crippen molar-refractivity contribution < 1.29 is 22.7 Å². The Hall–Kier alpha value is -1.08. The van der Waals surface area contributed by atoms with E-state index in [1.807, 2.05) is 5.38 Å². The fraction of sp³-hybridized carbons (Fsp3) is 0.667. The first-order valence-corrected chi connectivity index (χ1v) is 8.23. The first-order valence-electron chi connectivity index (χ1n) is 7.35. The second-order valence-electron chi connectivity index (χ2n) is 6.18. The average molecular weight is 333 g/mol. The van der Waals surface area contributed by atoms with Crippen LogP contribution in [0.4, 0.5) is 13.2 Å². The Morgan fingerprint density at radius 2 is 2.00 bits per heavy atom. The fourth-order valence-corrected chi connectivity index (χ4v) is 5.00. The second kappa shape index (κ2) is 5.23. The van der Waals surface area contributed by atoms with Gasteiger partial charge < -0.3 is 9.64 Å². The molecule has 1 unspecified atom stereocenters. The molecular formula is C15H18F3NO2S. The highest BCUT2D eigenvalue weighted by Crippen LogP contribution is 2.48. The van der Waals surface area contributed by atoms with Crippen LogP contribution < -0.4 is 0 Å². The Labute approximate surface area is 131 Å². The van der Waals surface area contributed by atoms with Gasteiger partial charge in [0.15, 0.2) is 0 Å². The summed E-state index contributed by atoms with van der Waals surface area (Å²) in [5.41, 5.74) is 0.689. The third kappa shape index (κ3) is 2.44. The number of hydrogen-bond acceptors (Lipinski definition) is 3. The van der Waals surface area contributed by atoms with Gasteiger partial charge >= 0.3 is 12.1 Å². The number of thiophene rings is 1. The molecule has 122 valence electrons. The summed E-state index contributed by atoms with van der Waals surface area (Å²) in [6.45, 7) is 3.93. The van der Waals surface area contributed by atoms with Gasteiger partial charge in [0, 0.05) is 29.8 Å². The van der Waals surface area contributed by atoms with E-state index in [0.717, 1.165) is 16.2 Å². The number of rotatable bonds is 0. The van der Waals surface area contributed by atoms with Crippen LogP contribution in [0.25, 0.3) is 0 Å². The first kappa shape index (κ1) is 15.8. The van der Waals surface area contributed by atoms with Crippen molar-refractivity contribution in [2.24, 2.45) is 0 Å². The minimum absolute atomic E-state index is 0.409. The van der Waals surface area contributed by atoms with E-state index in [0.29, 0.717) is 19.4 Å². The number of hydrogen-bond donors (Lipinski definition) is 0. The second-order valence-corrected chi connectivity index (χ2v) is 7.10. The molecule has 3 heterocycles. The number of piperidine rings is 1. The summed E-state index contributed by atoms with van der Waals surface area (Å²) in [6, 6.07) is 1.05. The summed E-state index contributed by atoms with van der Waals surface area (Å²) in [5.74, 6) is -1.75. The van der Waals surface area contributed by atoms with Gasteiger partial charge in [-0.05, 0) is 37.3 Å². The van der Waals surface area contributed by atoms with Gasteiger partial charge in [0.1, 0.15) is 5.60 Å². The number of carbonyl (C=O) groups is 1. The van der Waals surface area contributed by atoms with Crippen LogP contribution in [0, 0.1) is 0 Å². The lowest BCUT2D eigenvalue weighted by Crippen LogP contribution is -2.59. The number of fused-ring (bicyclic) bond motifs is 2. The van der Waals surface area contributed by atoms with Crippen molar-refractivity contribution >= 4 is 17.2 Å². The van der Waals surface area contributed by atoms with Crippen LogP contribution in [0.3, 0.4) is 0 Å². The number of ether oxygens (including phenoxy) is 1. The Balaban J connectivity index is 1.90.